The highest BCUT2D eigenvalue weighted by Crippen LogP contribution is 2.42. The molecule has 0 radical (unpaired) electrons. The molecule has 6 heteroatoms. The van der Waals surface area contributed by atoms with Gasteiger partial charge in [-0.15, -0.1) is 6.58 Å². The topological polar surface area (TPSA) is 34.3 Å². The minimum absolute atomic E-state index is 0.167. The molecule has 0 amide bonds. The lowest BCUT2D eigenvalue weighted by Crippen LogP contribution is -2.54. The molecule has 0 saturated carbocycles. The van der Waals surface area contributed by atoms with Gasteiger partial charge in [0.1, 0.15) is 5.82 Å². The van der Waals surface area contributed by atoms with Gasteiger partial charge in [0.05, 0.1) is 18.8 Å². The molecular weight excluding hydrogens is 430 g/mol. The SMILES string of the molecule is C=CCCN1[C@H](c2ccc(NC3CN(CCCF)C3)cc2F)c2[nH]c3ccccc3c2C[C@H]1C. The summed E-state index contributed by atoms with van der Waals surface area (Å²) in [4.78, 5) is 8.25. The smallest absolute Gasteiger partial charge is 0.130 e. The maximum Gasteiger partial charge on any atom is 0.130 e. The number of rotatable bonds is 9. The minimum Gasteiger partial charge on any atom is -0.380 e. The van der Waals surface area contributed by atoms with Gasteiger partial charge in [0, 0.05) is 60.1 Å². The van der Waals surface area contributed by atoms with Crippen molar-refractivity contribution < 1.29 is 8.78 Å². The second-order valence-corrected chi connectivity index (χ2v) is 9.71. The van der Waals surface area contributed by atoms with Crippen molar-refractivity contribution in [3.8, 4) is 0 Å². The molecule has 5 rings (SSSR count). The van der Waals surface area contributed by atoms with Crippen LogP contribution in [0.2, 0.25) is 0 Å². The first-order valence-electron chi connectivity index (χ1n) is 12.4. The van der Waals surface area contributed by atoms with E-state index < -0.39 is 0 Å². The molecule has 0 unspecified atom stereocenters. The molecule has 34 heavy (non-hydrogen) atoms. The van der Waals surface area contributed by atoms with Crippen molar-refractivity contribution in [2.45, 2.75) is 44.3 Å². The number of hydrogen-bond acceptors (Lipinski definition) is 3. The van der Waals surface area contributed by atoms with E-state index in [1.165, 1.54) is 10.9 Å². The fourth-order valence-corrected chi connectivity index (χ4v) is 5.63. The Morgan fingerprint density at radius 3 is 2.76 bits per heavy atom. The van der Waals surface area contributed by atoms with E-state index in [4.69, 9.17) is 0 Å². The second-order valence-electron chi connectivity index (χ2n) is 9.71. The van der Waals surface area contributed by atoms with Crippen LogP contribution in [0.3, 0.4) is 0 Å². The van der Waals surface area contributed by atoms with Crippen LogP contribution in [0.5, 0.6) is 0 Å². The fraction of sp³-hybridized carbons (Fsp3) is 0.429. The van der Waals surface area contributed by atoms with Crippen LogP contribution < -0.4 is 5.32 Å². The van der Waals surface area contributed by atoms with Crippen molar-refractivity contribution in [3.05, 3.63) is 77.8 Å². The summed E-state index contributed by atoms with van der Waals surface area (Å²) in [5.41, 5.74) is 5.01. The summed E-state index contributed by atoms with van der Waals surface area (Å²) in [5.74, 6) is -0.189. The Balaban J connectivity index is 1.43. The van der Waals surface area contributed by atoms with Crippen molar-refractivity contribution in [1.29, 1.82) is 0 Å². The average molecular weight is 465 g/mol. The van der Waals surface area contributed by atoms with E-state index in [9.17, 15) is 4.39 Å². The highest BCUT2D eigenvalue weighted by atomic mass is 19.1. The van der Waals surface area contributed by atoms with Gasteiger partial charge in [-0.1, -0.05) is 30.3 Å². The lowest BCUT2D eigenvalue weighted by molar-refractivity contribution is 0.149. The third-order valence-corrected chi connectivity index (χ3v) is 7.34. The van der Waals surface area contributed by atoms with Crippen molar-refractivity contribution in [2.24, 2.45) is 0 Å². The monoisotopic (exact) mass is 464 g/mol. The molecule has 1 saturated heterocycles. The second kappa shape index (κ2) is 9.88. The molecule has 4 nitrogen and oxygen atoms in total. The maximum atomic E-state index is 15.7. The zero-order valence-corrected chi connectivity index (χ0v) is 19.9. The zero-order chi connectivity index (χ0) is 23.7. The number of aromatic nitrogens is 1. The van der Waals surface area contributed by atoms with E-state index in [0.29, 0.717) is 18.0 Å². The molecule has 2 aromatic carbocycles. The summed E-state index contributed by atoms with van der Waals surface area (Å²) in [7, 11) is 0. The standard InChI is InChI=1S/C28H34F2N4/c1-3-4-14-34-19(2)15-24-22-8-5-6-9-26(22)32-27(24)28(34)23-11-10-20(16-25(23)30)31-21-17-33(18-21)13-7-12-29/h3,5-6,8-11,16,19,21,28,31-32H,1,4,7,12-15,17-18H2,2H3/t19-,28-/m1/s1. The van der Waals surface area contributed by atoms with E-state index in [-0.39, 0.29) is 24.6 Å². The Kier molecular flexibility index (Phi) is 6.70. The molecule has 2 atom stereocenters. The number of para-hydroxylation sites is 1. The van der Waals surface area contributed by atoms with Gasteiger partial charge in [0.25, 0.3) is 0 Å². The van der Waals surface area contributed by atoms with E-state index in [2.05, 4.69) is 51.8 Å². The lowest BCUT2D eigenvalue weighted by atomic mass is 9.88. The van der Waals surface area contributed by atoms with Crippen LogP contribution in [-0.2, 0) is 6.42 Å². The van der Waals surface area contributed by atoms with Gasteiger partial charge in [0.15, 0.2) is 0 Å². The lowest BCUT2D eigenvalue weighted by Gasteiger charge is -2.41. The van der Waals surface area contributed by atoms with Crippen LogP contribution >= 0.6 is 0 Å². The van der Waals surface area contributed by atoms with Crippen LogP contribution in [-0.4, -0.2) is 59.7 Å². The predicted octanol–water partition coefficient (Wildman–Crippen LogP) is 5.67. The molecular formula is C28H34F2N4. The fourth-order valence-electron chi connectivity index (χ4n) is 5.63. The van der Waals surface area contributed by atoms with Crippen LogP contribution in [0.15, 0.2) is 55.1 Å². The van der Waals surface area contributed by atoms with E-state index in [1.807, 2.05) is 24.3 Å². The highest BCUT2D eigenvalue weighted by molar-refractivity contribution is 5.85. The Morgan fingerprint density at radius 1 is 1.18 bits per heavy atom. The van der Waals surface area contributed by atoms with Crippen molar-refractivity contribution in [1.82, 2.24) is 14.8 Å². The molecule has 2 aliphatic heterocycles. The predicted molar refractivity (Wildman–Crippen MR) is 136 cm³/mol. The van der Waals surface area contributed by atoms with Crippen LogP contribution in [0.4, 0.5) is 14.5 Å². The number of nitrogens with one attached hydrogen (secondary N) is 2. The molecule has 2 aliphatic rings. The average Bonchev–Trinajstić information content (AvgIpc) is 3.17. The van der Waals surface area contributed by atoms with Gasteiger partial charge >= 0.3 is 0 Å². The third kappa shape index (κ3) is 4.37. The molecule has 180 valence electrons. The van der Waals surface area contributed by atoms with E-state index in [1.54, 1.807) is 6.07 Å². The zero-order valence-electron chi connectivity index (χ0n) is 19.9. The molecule has 0 bridgehead atoms. The Labute approximate surface area is 200 Å². The van der Waals surface area contributed by atoms with E-state index >= 15 is 4.39 Å². The third-order valence-electron chi connectivity index (χ3n) is 7.34. The van der Waals surface area contributed by atoms with Gasteiger partial charge in [-0.05, 0) is 49.9 Å². The number of halogens is 2. The Hall–Kier alpha value is -2.70. The quantitative estimate of drug-likeness (QED) is 0.400. The molecule has 0 spiro atoms. The maximum absolute atomic E-state index is 15.7. The summed E-state index contributed by atoms with van der Waals surface area (Å²) in [5, 5.41) is 4.68. The summed E-state index contributed by atoms with van der Waals surface area (Å²) in [6.07, 6.45) is 4.31. The van der Waals surface area contributed by atoms with Gasteiger partial charge < -0.3 is 10.3 Å². The summed E-state index contributed by atoms with van der Waals surface area (Å²) in [6, 6.07) is 14.3. The van der Waals surface area contributed by atoms with Gasteiger partial charge in [-0.25, -0.2) is 4.39 Å². The number of alkyl halides is 1. The first-order valence-corrected chi connectivity index (χ1v) is 12.4. The van der Waals surface area contributed by atoms with E-state index in [0.717, 1.165) is 55.9 Å². The molecule has 0 aliphatic carbocycles. The molecule has 2 N–H and O–H groups in total. The summed E-state index contributed by atoms with van der Waals surface area (Å²) < 4.78 is 28.0. The normalized spacial score (nSPS) is 21.4. The molecule has 3 aromatic rings. The summed E-state index contributed by atoms with van der Waals surface area (Å²) in [6.45, 7) is 9.23. The van der Waals surface area contributed by atoms with Crippen molar-refractivity contribution in [2.75, 3.05) is 38.2 Å². The van der Waals surface area contributed by atoms with Crippen molar-refractivity contribution in [3.63, 3.8) is 0 Å². The number of aromatic amines is 1. The van der Waals surface area contributed by atoms with Gasteiger partial charge in [0.2, 0.25) is 0 Å². The van der Waals surface area contributed by atoms with Crippen molar-refractivity contribution >= 4 is 16.6 Å². The molecule has 1 fully saturated rings. The van der Waals surface area contributed by atoms with Crippen LogP contribution in [0.25, 0.3) is 10.9 Å². The number of fused-ring (bicyclic) bond motifs is 3. The van der Waals surface area contributed by atoms with Crippen LogP contribution in [0.1, 0.15) is 42.6 Å². The first-order chi connectivity index (χ1) is 16.6. The summed E-state index contributed by atoms with van der Waals surface area (Å²) >= 11 is 0. The number of nitrogens with zero attached hydrogens (tertiary/aromatic N) is 2. The van der Waals surface area contributed by atoms with Gasteiger partial charge in [-0.3, -0.25) is 14.2 Å². The molecule has 1 aromatic heterocycles. The first kappa shape index (κ1) is 23.1. The van der Waals surface area contributed by atoms with Gasteiger partial charge in [-0.2, -0.15) is 0 Å². The Bertz CT molecular complexity index is 1150. The minimum atomic E-state index is -0.275. The highest BCUT2D eigenvalue weighted by Gasteiger charge is 2.36. The number of H-pyrrole nitrogens is 1. The largest absolute Gasteiger partial charge is 0.380 e. The number of benzene rings is 2. The number of hydrogen-bond donors (Lipinski definition) is 2. The van der Waals surface area contributed by atoms with Crippen LogP contribution in [0, 0.1) is 5.82 Å². The number of likely N-dealkylation sites (tertiary alicyclic amines) is 1. The molecule has 3 heterocycles. The number of anilines is 1. The Morgan fingerprint density at radius 2 is 2.00 bits per heavy atom.